The highest BCUT2D eigenvalue weighted by atomic mass is 79.9. The van der Waals surface area contributed by atoms with Gasteiger partial charge in [0.05, 0.1) is 18.5 Å². The highest BCUT2D eigenvalue weighted by Gasteiger charge is 2.58. The van der Waals surface area contributed by atoms with E-state index in [4.69, 9.17) is 4.74 Å². The first-order valence-electron chi connectivity index (χ1n) is 9.06. The number of aromatic nitrogens is 1. The largest absolute Gasteiger partial charge is 0.497 e. The number of benzene rings is 2. The van der Waals surface area contributed by atoms with E-state index in [0.29, 0.717) is 18.7 Å². The molecule has 3 aromatic rings. The van der Waals surface area contributed by atoms with Crippen molar-refractivity contribution >= 4 is 44.5 Å². The molecule has 142 valence electrons. The summed E-state index contributed by atoms with van der Waals surface area (Å²) >= 11 is 3.39. The van der Waals surface area contributed by atoms with Crippen molar-refractivity contribution in [2.24, 2.45) is 0 Å². The fourth-order valence-corrected chi connectivity index (χ4v) is 4.63. The summed E-state index contributed by atoms with van der Waals surface area (Å²) in [6.45, 7) is 2.32. The number of imide groups is 1. The van der Waals surface area contributed by atoms with Gasteiger partial charge in [-0.2, -0.15) is 0 Å². The van der Waals surface area contributed by atoms with Gasteiger partial charge in [0.1, 0.15) is 5.75 Å². The Kier molecular flexibility index (Phi) is 3.61. The van der Waals surface area contributed by atoms with E-state index >= 15 is 0 Å². The minimum Gasteiger partial charge on any atom is -0.497 e. The number of amides is 3. The summed E-state index contributed by atoms with van der Waals surface area (Å²) < 4.78 is 6.25. The van der Waals surface area contributed by atoms with Crippen molar-refractivity contribution < 1.29 is 14.3 Å². The lowest BCUT2D eigenvalue weighted by Crippen LogP contribution is -2.49. The summed E-state index contributed by atoms with van der Waals surface area (Å²) in [5.41, 5.74) is 2.33. The number of nitrogens with zero attached hydrogens (tertiary/aromatic N) is 2. The summed E-state index contributed by atoms with van der Waals surface area (Å²) in [6.07, 6.45) is 0.686. The summed E-state index contributed by atoms with van der Waals surface area (Å²) in [4.78, 5) is 33.0. The average Bonchev–Trinajstić information content (AvgIpc) is 3.17. The predicted molar refractivity (Wildman–Crippen MR) is 110 cm³/mol. The lowest BCUT2D eigenvalue weighted by atomic mass is 9.87. The van der Waals surface area contributed by atoms with Crippen molar-refractivity contribution in [3.8, 4) is 5.75 Å². The number of ether oxygens (including phenoxy) is 1. The summed E-state index contributed by atoms with van der Waals surface area (Å²) in [5.74, 6) is 0.534. The van der Waals surface area contributed by atoms with Crippen LogP contribution < -0.4 is 9.64 Å². The van der Waals surface area contributed by atoms with Crippen molar-refractivity contribution in [1.82, 2.24) is 9.88 Å². The Labute approximate surface area is 170 Å². The third-order valence-corrected chi connectivity index (χ3v) is 6.38. The molecule has 1 N–H and O–H groups in total. The molecule has 2 aliphatic heterocycles. The number of hydrogen-bond donors (Lipinski definition) is 1. The first-order valence-corrected chi connectivity index (χ1v) is 9.85. The van der Waals surface area contributed by atoms with Crippen molar-refractivity contribution in [3.63, 3.8) is 0 Å². The van der Waals surface area contributed by atoms with E-state index in [2.05, 4.69) is 20.9 Å². The van der Waals surface area contributed by atoms with Gasteiger partial charge in [-0.15, -0.1) is 0 Å². The second-order valence-electron chi connectivity index (χ2n) is 7.26. The van der Waals surface area contributed by atoms with Crippen LogP contribution in [0.25, 0.3) is 10.9 Å². The Hall–Kier alpha value is -2.80. The van der Waals surface area contributed by atoms with Crippen molar-refractivity contribution in [2.75, 3.05) is 18.6 Å². The standard InChI is InChI=1S/C21H18BrN3O3/c1-21-18-15(16-11-14(28-2)7-8-17(16)23-18)9-10-24(21)20(27)25(19(21)26)13-5-3-12(22)4-6-13/h3-8,11,23H,9-10H2,1-2H3/t21-/m0/s1. The Bertz CT molecular complexity index is 1140. The molecule has 6 nitrogen and oxygen atoms in total. The number of methoxy groups -OCH3 is 1. The summed E-state index contributed by atoms with van der Waals surface area (Å²) in [5, 5.41) is 1.04. The molecule has 2 aliphatic rings. The maximum absolute atomic E-state index is 13.5. The number of halogens is 1. The molecule has 5 rings (SSSR count). The van der Waals surface area contributed by atoms with Gasteiger partial charge in [-0.3, -0.25) is 4.79 Å². The quantitative estimate of drug-likeness (QED) is 0.609. The number of H-pyrrole nitrogens is 1. The normalized spacial score (nSPS) is 21.2. The molecule has 1 fully saturated rings. The second kappa shape index (κ2) is 5.85. The molecule has 3 amide bonds. The van der Waals surface area contributed by atoms with Gasteiger partial charge in [-0.25, -0.2) is 9.69 Å². The lowest BCUT2D eigenvalue weighted by molar-refractivity contribution is -0.125. The van der Waals surface area contributed by atoms with E-state index in [-0.39, 0.29) is 11.9 Å². The van der Waals surface area contributed by atoms with Crippen molar-refractivity contribution in [2.45, 2.75) is 18.9 Å². The van der Waals surface area contributed by atoms with E-state index in [1.165, 1.54) is 4.90 Å². The lowest BCUT2D eigenvalue weighted by Gasteiger charge is -2.35. The van der Waals surface area contributed by atoms with E-state index in [1.807, 2.05) is 37.3 Å². The zero-order valence-electron chi connectivity index (χ0n) is 15.5. The number of nitrogens with one attached hydrogen (secondary N) is 1. The molecule has 3 heterocycles. The molecule has 0 saturated carbocycles. The molecule has 1 atom stereocenters. The molecule has 2 aromatic carbocycles. The fraction of sp³-hybridized carbons (Fsp3) is 0.238. The number of carbonyl (C=O) groups excluding carboxylic acids is 2. The van der Waals surface area contributed by atoms with Crippen LogP contribution in [0.5, 0.6) is 5.75 Å². The van der Waals surface area contributed by atoms with Crippen LogP contribution in [0.2, 0.25) is 0 Å². The molecule has 1 saturated heterocycles. The molecular formula is C21H18BrN3O3. The Morgan fingerprint density at radius 3 is 2.61 bits per heavy atom. The van der Waals surface area contributed by atoms with Crippen LogP contribution in [0.4, 0.5) is 10.5 Å². The first kappa shape index (κ1) is 17.3. The van der Waals surface area contributed by atoms with Gasteiger partial charge in [0.2, 0.25) is 0 Å². The average molecular weight is 440 g/mol. The summed E-state index contributed by atoms with van der Waals surface area (Å²) in [6, 6.07) is 12.8. The van der Waals surface area contributed by atoms with Gasteiger partial charge in [-0.1, -0.05) is 15.9 Å². The van der Waals surface area contributed by atoms with Gasteiger partial charge in [0, 0.05) is 21.9 Å². The van der Waals surface area contributed by atoms with Crippen LogP contribution in [0.3, 0.4) is 0 Å². The maximum atomic E-state index is 13.5. The third-order valence-electron chi connectivity index (χ3n) is 5.85. The number of rotatable bonds is 2. The minimum absolute atomic E-state index is 0.237. The number of urea groups is 1. The highest BCUT2D eigenvalue weighted by molar-refractivity contribution is 9.10. The van der Waals surface area contributed by atoms with Crippen LogP contribution in [0, 0.1) is 0 Å². The van der Waals surface area contributed by atoms with Gasteiger partial charge in [0.15, 0.2) is 5.54 Å². The van der Waals surface area contributed by atoms with Crippen LogP contribution in [-0.2, 0) is 16.8 Å². The third kappa shape index (κ3) is 2.13. The van der Waals surface area contributed by atoms with Crippen LogP contribution in [0.1, 0.15) is 18.2 Å². The monoisotopic (exact) mass is 439 g/mol. The number of aromatic amines is 1. The number of carbonyl (C=O) groups is 2. The second-order valence-corrected chi connectivity index (χ2v) is 8.18. The van der Waals surface area contributed by atoms with E-state index < -0.39 is 5.54 Å². The maximum Gasteiger partial charge on any atom is 0.332 e. The Balaban J connectivity index is 1.67. The smallest absolute Gasteiger partial charge is 0.332 e. The SMILES string of the molecule is COc1ccc2[nH]c3c(c2c1)CCN1C(=O)N(c2ccc(Br)cc2)C(=O)[C@]31C. The van der Waals surface area contributed by atoms with Crippen molar-refractivity contribution in [3.05, 3.63) is 58.2 Å². The van der Waals surface area contributed by atoms with Gasteiger partial charge < -0.3 is 14.6 Å². The zero-order valence-corrected chi connectivity index (χ0v) is 17.0. The van der Waals surface area contributed by atoms with Crippen LogP contribution in [-0.4, -0.2) is 35.5 Å². The highest BCUT2D eigenvalue weighted by Crippen LogP contribution is 2.45. The van der Waals surface area contributed by atoms with E-state index in [0.717, 1.165) is 32.4 Å². The van der Waals surface area contributed by atoms with Crippen molar-refractivity contribution in [1.29, 1.82) is 0 Å². The van der Waals surface area contributed by atoms with E-state index in [1.54, 1.807) is 24.1 Å². The topological polar surface area (TPSA) is 65.6 Å². The molecule has 0 spiro atoms. The molecule has 0 bridgehead atoms. The predicted octanol–water partition coefficient (Wildman–Crippen LogP) is 4.18. The summed E-state index contributed by atoms with van der Waals surface area (Å²) in [7, 11) is 1.64. The molecule has 7 heteroatoms. The number of hydrogen-bond acceptors (Lipinski definition) is 3. The molecule has 0 aliphatic carbocycles. The Morgan fingerprint density at radius 2 is 1.89 bits per heavy atom. The van der Waals surface area contributed by atoms with Crippen LogP contribution in [0.15, 0.2) is 46.9 Å². The molecular weight excluding hydrogens is 422 g/mol. The van der Waals surface area contributed by atoms with Gasteiger partial charge in [-0.05, 0) is 61.4 Å². The minimum atomic E-state index is -1.05. The van der Waals surface area contributed by atoms with E-state index in [9.17, 15) is 9.59 Å². The molecule has 28 heavy (non-hydrogen) atoms. The van der Waals surface area contributed by atoms with Crippen LogP contribution >= 0.6 is 15.9 Å². The molecule has 0 unspecified atom stereocenters. The number of fused-ring (bicyclic) bond motifs is 5. The number of anilines is 1. The van der Waals surface area contributed by atoms with Gasteiger partial charge >= 0.3 is 6.03 Å². The molecule has 0 radical (unpaired) electrons. The Morgan fingerprint density at radius 1 is 1.14 bits per heavy atom. The fourth-order valence-electron chi connectivity index (χ4n) is 4.36. The molecule has 1 aromatic heterocycles. The first-order chi connectivity index (χ1) is 13.4. The zero-order chi connectivity index (χ0) is 19.6. The van der Waals surface area contributed by atoms with Gasteiger partial charge in [0.25, 0.3) is 5.91 Å².